The maximum atomic E-state index is 2.55. The second kappa shape index (κ2) is 14.4. The second-order valence-corrected chi connectivity index (χ2v) is 18.0. The van der Waals surface area contributed by atoms with E-state index >= 15 is 0 Å². The summed E-state index contributed by atoms with van der Waals surface area (Å²) in [5, 5.41) is 0. The summed E-state index contributed by atoms with van der Waals surface area (Å²) in [5.74, 6) is 0.731. The van der Waals surface area contributed by atoms with Gasteiger partial charge in [-0.05, 0) is 129 Å². The lowest BCUT2D eigenvalue weighted by Gasteiger charge is -2.34. The summed E-state index contributed by atoms with van der Waals surface area (Å²) in [6, 6.07) is 42.7. The van der Waals surface area contributed by atoms with E-state index in [0.29, 0.717) is 0 Å². The Bertz CT molecular complexity index is 1950. The van der Waals surface area contributed by atoms with Gasteiger partial charge in [0, 0.05) is 22.5 Å². The first kappa shape index (κ1) is 36.3. The highest BCUT2D eigenvalue weighted by molar-refractivity contribution is 5.86. The van der Waals surface area contributed by atoms with Gasteiger partial charge in [0.1, 0.15) is 0 Å². The lowest BCUT2D eigenvalue weighted by atomic mass is 9.71. The van der Waals surface area contributed by atoms with Gasteiger partial charge < -0.3 is 4.90 Å². The maximum absolute atomic E-state index is 2.55. The van der Waals surface area contributed by atoms with E-state index in [2.05, 4.69) is 169 Å². The number of fused-ring (bicyclic) bond motifs is 3. The zero-order chi connectivity index (χ0) is 36.7. The van der Waals surface area contributed by atoms with Crippen molar-refractivity contribution >= 4 is 17.1 Å². The van der Waals surface area contributed by atoms with Crippen LogP contribution in [0.15, 0.2) is 109 Å². The molecule has 2 aliphatic carbocycles. The smallest absolute Gasteiger partial charge is 0.0467 e. The molecule has 0 aliphatic heterocycles. The van der Waals surface area contributed by atoms with E-state index < -0.39 is 0 Å². The Balaban J connectivity index is 1.37. The summed E-state index contributed by atoms with van der Waals surface area (Å²) in [7, 11) is 0. The van der Waals surface area contributed by atoms with Crippen molar-refractivity contribution in [3.63, 3.8) is 0 Å². The van der Waals surface area contributed by atoms with E-state index in [0.717, 1.165) is 31.6 Å². The highest BCUT2D eigenvalue weighted by Crippen LogP contribution is 2.55. The standard InChI is InChI=1S/C51H61N/c1-9-30-51(31-10-2)47-19-15-14-18-45(47)46-29-28-43(35-48(46)51)52(44-33-40(49(3,4)5)32-41(34-44)50(6,7)8)42-26-24-39(25-27-42)38-22-20-37(21-23-38)36-16-12-11-13-17-36/h14-15,18-29,32-36H,9-13,16-17,30-31H2,1-8H3. The molecule has 5 aromatic rings. The quantitative estimate of drug-likeness (QED) is 0.149. The van der Waals surface area contributed by atoms with Gasteiger partial charge in [0.15, 0.2) is 0 Å². The van der Waals surface area contributed by atoms with E-state index in [1.807, 2.05) is 0 Å². The van der Waals surface area contributed by atoms with Crippen LogP contribution in [0.25, 0.3) is 22.3 Å². The Morgan fingerprint density at radius 3 is 1.65 bits per heavy atom. The molecule has 0 heterocycles. The van der Waals surface area contributed by atoms with Gasteiger partial charge in [-0.2, -0.15) is 0 Å². The zero-order valence-electron chi connectivity index (χ0n) is 33.3. The Morgan fingerprint density at radius 1 is 0.538 bits per heavy atom. The van der Waals surface area contributed by atoms with Crippen LogP contribution in [-0.2, 0) is 16.2 Å². The van der Waals surface area contributed by atoms with Crippen molar-refractivity contribution in [3.05, 3.63) is 137 Å². The van der Waals surface area contributed by atoms with Crippen LogP contribution >= 0.6 is 0 Å². The minimum Gasteiger partial charge on any atom is -0.310 e. The normalized spacial score (nSPS) is 15.7. The Kier molecular flexibility index (Phi) is 10.0. The van der Waals surface area contributed by atoms with Crippen LogP contribution in [0.2, 0.25) is 0 Å². The number of hydrogen-bond donors (Lipinski definition) is 0. The monoisotopic (exact) mass is 687 g/mol. The molecular weight excluding hydrogens is 627 g/mol. The van der Waals surface area contributed by atoms with Crippen LogP contribution in [0.3, 0.4) is 0 Å². The summed E-state index contributed by atoms with van der Waals surface area (Å²) in [6.45, 7) is 18.8. The highest BCUT2D eigenvalue weighted by Gasteiger charge is 2.42. The van der Waals surface area contributed by atoms with E-state index in [-0.39, 0.29) is 16.2 Å². The molecule has 5 aromatic carbocycles. The molecule has 270 valence electrons. The second-order valence-electron chi connectivity index (χ2n) is 18.0. The number of anilines is 3. The third kappa shape index (κ3) is 6.89. The molecule has 2 aliphatic rings. The molecule has 1 saturated carbocycles. The van der Waals surface area contributed by atoms with Gasteiger partial charge in [-0.3, -0.25) is 0 Å². The lowest BCUT2D eigenvalue weighted by Crippen LogP contribution is -2.25. The van der Waals surface area contributed by atoms with Crippen molar-refractivity contribution in [1.29, 1.82) is 0 Å². The molecule has 0 bridgehead atoms. The minimum absolute atomic E-state index is 0.0201. The summed E-state index contributed by atoms with van der Waals surface area (Å²) in [5.41, 5.74) is 16.4. The lowest BCUT2D eigenvalue weighted by molar-refractivity contribution is 0.436. The molecule has 0 saturated heterocycles. The van der Waals surface area contributed by atoms with Gasteiger partial charge in [0.25, 0.3) is 0 Å². The predicted molar refractivity (Wildman–Crippen MR) is 226 cm³/mol. The first-order valence-electron chi connectivity index (χ1n) is 20.3. The molecule has 0 atom stereocenters. The first-order chi connectivity index (χ1) is 24.9. The molecule has 1 fully saturated rings. The SMILES string of the molecule is CCCC1(CCC)c2ccccc2-c2ccc(N(c3ccc(-c4ccc(C5CCCCC5)cc4)cc3)c3cc(C(C)(C)C)cc(C(C)(C)C)c3)cc21. The fourth-order valence-corrected chi connectivity index (χ4v) is 9.34. The molecule has 0 radical (unpaired) electrons. The van der Waals surface area contributed by atoms with Crippen LogP contribution in [0, 0.1) is 0 Å². The van der Waals surface area contributed by atoms with E-state index in [1.54, 1.807) is 0 Å². The van der Waals surface area contributed by atoms with E-state index in [9.17, 15) is 0 Å². The van der Waals surface area contributed by atoms with Crippen molar-refractivity contribution in [2.45, 2.75) is 135 Å². The summed E-state index contributed by atoms with van der Waals surface area (Å²) >= 11 is 0. The molecule has 1 heteroatoms. The average molecular weight is 688 g/mol. The molecule has 0 unspecified atom stereocenters. The van der Waals surface area contributed by atoms with Crippen molar-refractivity contribution in [2.75, 3.05) is 4.90 Å². The van der Waals surface area contributed by atoms with Crippen molar-refractivity contribution < 1.29 is 0 Å². The molecule has 0 amide bonds. The van der Waals surface area contributed by atoms with Gasteiger partial charge in [-0.15, -0.1) is 0 Å². The predicted octanol–water partition coefficient (Wildman–Crippen LogP) is 15.3. The minimum atomic E-state index is 0.0201. The number of hydrogen-bond acceptors (Lipinski definition) is 1. The summed E-state index contributed by atoms with van der Waals surface area (Å²) < 4.78 is 0. The van der Waals surface area contributed by atoms with Crippen molar-refractivity contribution in [2.24, 2.45) is 0 Å². The number of nitrogens with zero attached hydrogens (tertiary/aromatic N) is 1. The van der Waals surface area contributed by atoms with Crippen LogP contribution < -0.4 is 4.90 Å². The third-order valence-electron chi connectivity index (χ3n) is 12.2. The molecular formula is C51H61N. The molecule has 1 nitrogen and oxygen atoms in total. The third-order valence-corrected chi connectivity index (χ3v) is 12.2. The van der Waals surface area contributed by atoms with E-state index in [1.165, 1.54) is 99.2 Å². The zero-order valence-corrected chi connectivity index (χ0v) is 33.3. The van der Waals surface area contributed by atoms with Crippen LogP contribution in [0.5, 0.6) is 0 Å². The maximum Gasteiger partial charge on any atom is 0.0467 e. The summed E-state index contributed by atoms with van der Waals surface area (Å²) in [6.07, 6.45) is 11.5. The molecule has 0 aromatic heterocycles. The topological polar surface area (TPSA) is 3.24 Å². The molecule has 0 spiro atoms. The largest absolute Gasteiger partial charge is 0.310 e. The van der Waals surface area contributed by atoms with Crippen molar-refractivity contribution in [1.82, 2.24) is 0 Å². The molecule has 52 heavy (non-hydrogen) atoms. The Morgan fingerprint density at radius 2 is 1.08 bits per heavy atom. The van der Waals surface area contributed by atoms with Crippen LogP contribution in [0.1, 0.15) is 147 Å². The van der Waals surface area contributed by atoms with Gasteiger partial charge in [-0.1, -0.05) is 160 Å². The average Bonchev–Trinajstić information content (AvgIpc) is 3.40. The summed E-state index contributed by atoms with van der Waals surface area (Å²) in [4.78, 5) is 2.53. The fourth-order valence-electron chi connectivity index (χ4n) is 9.34. The van der Waals surface area contributed by atoms with Crippen LogP contribution in [-0.4, -0.2) is 0 Å². The first-order valence-corrected chi connectivity index (χ1v) is 20.3. The van der Waals surface area contributed by atoms with Gasteiger partial charge in [-0.25, -0.2) is 0 Å². The fraction of sp³-hybridized carbons (Fsp3) is 0.412. The molecule has 7 rings (SSSR count). The van der Waals surface area contributed by atoms with Gasteiger partial charge in [0.05, 0.1) is 0 Å². The van der Waals surface area contributed by atoms with E-state index in [4.69, 9.17) is 0 Å². The Labute approximate surface area is 315 Å². The number of rotatable bonds is 9. The van der Waals surface area contributed by atoms with Crippen LogP contribution in [0.4, 0.5) is 17.1 Å². The Hall–Kier alpha value is -4.10. The van der Waals surface area contributed by atoms with Gasteiger partial charge in [0.2, 0.25) is 0 Å². The van der Waals surface area contributed by atoms with Gasteiger partial charge >= 0.3 is 0 Å². The van der Waals surface area contributed by atoms with Crippen molar-refractivity contribution in [3.8, 4) is 22.3 Å². The molecule has 0 N–H and O–H groups in total. The highest BCUT2D eigenvalue weighted by atomic mass is 15.1. The number of benzene rings is 5.